The van der Waals surface area contributed by atoms with E-state index in [1.54, 1.807) is 0 Å². The van der Waals surface area contributed by atoms with Gasteiger partial charge in [-0.1, -0.05) is 6.92 Å². The molecule has 1 aliphatic rings. The predicted octanol–water partition coefficient (Wildman–Crippen LogP) is 1.67. The van der Waals surface area contributed by atoms with Gasteiger partial charge in [0, 0.05) is 20.2 Å². The second-order valence-electron chi connectivity index (χ2n) is 5.48. The van der Waals surface area contributed by atoms with E-state index in [0.29, 0.717) is 0 Å². The molecule has 1 amide bonds. The zero-order valence-corrected chi connectivity index (χ0v) is 12.1. The number of hydrogen-bond acceptors (Lipinski definition) is 3. The van der Waals surface area contributed by atoms with Crippen LogP contribution in [0.5, 0.6) is 0 Å². The van der Waals surface area contributed by atoms with Crippen molar-refractivity contribution in [1.82, 2.24) is 4.90 Å². The SMILES string of the molecule is CC1OC(C)C(C(=O)N(C)CCCCCO)C1C. The van der Waals surface area contributed by atoms with Gasteiger partial charge in [0.15, 0.2) is 0 Å². The molecule has 1 saturated heterocycles. The van der Waals surface area contributed by atoms with Crippen molar-refractivity contribution in [3.8, 4) is 0 Å². The van der Waals surface area contributed by atoms with Crippen LogP contribution in [-0.2, 0) is 9.53 Å². The molecule has 4 unspecified atom stereocenters. The van der Waals surface area contributed by atoms with Crippen LogP contribution in [0.4, 0.5) is 0 Å². The van der Waals surface area contributed by atoms with Crippen molar-refractivity contribution in [1.29, 1.82) is 0 Å². The van der Waals surface area contributed by atoms with Crippen LogP contribution in [0.15, 0.2) is 0 Å². The fraction of sp³-hybridized carbons (Fsp3) is 0.929. The highest BCUT2D eigenvalue weighted by Gasteiger charge is 2.42. The number of ether oxygens (including phenoxy) is 1. The molecule has 1 heterocycles. The molecule has 4 atom stereocenters. The maximum absolute atomic E-state index is 12.4. The summed E-state index contributed by atoms with van der Waals surface area (Å²) in [6.07, 6.45) is 2.92. The average Bonchev–Trinajstić information content (AvgIpc) is 2.58. The molecule has 0 radical (unpaired) electrons. The Hall–Kier alpha value is -0.610. The van der Waals surface area contributed by atoms with E-state index in [-0.39, 0.29) is 36.6 Å². The van der Waals surface area contributed by atoms with E-state index in [0.717, 1.165) is 25.8 Å². The third-order valence-corrected chi connectivity index (χ3v) is 4.05. The summed E-state index contributed by atoms with van der Waals surface area (Å²) >= 11 is 0. The molecule has 0 aromatic carbocycles. The summed E-state index contributed by atoms with van der Waals surface area (Å²) in [5.41, 5.74) is 0. The van der Waals surface area contributed by atoms with Crippen LogP contribution in [0.25, 0.3) is 0 Å². The Labute approximate surface area is 110 Å². The largest absolute Gasteiger partial charge is 0.396 e. The molecule has 106 valence electrons. The van der Waals surface area contributed by atoms with Crippen molar-refractivity contribution in [2.75, 3.05) is 20.2 Å². The van der Waals surface area contributed by atoms with E-state index in [2.05, 4.69) is 6.92 Å². The molecule has 0 spiro atoms. The fourth-order valence-corrected chi connectivity index (χ4v) is 2.69. The van der Waals surface area contributed by atoms with Crippen molar-refractivity contribution in [2.24, 2.45) is 11.8 Å². The molecule has 18 heavy (non-hydrogen) atoms. The van der Waals surface area contributed by atoms with E-state index in [9.17, 15) is 4.79 Å². The summed E-state index contributed by atoms with van der Waals surface area (Å²) in [7, 11) is 1.86. The number of carbonyl (C=O) groups excluding carboxylic acids is 1. The normalized spacial score (nSPS) is 31.6. The molecular formula is C14H27NO3. The van der Waals surface area contributed by atoms with Crippen LogP contribution in [0.2, 0.25) is 0 Å². The Morgan fingerprint density at radius 3 is 2.33 bits per heavy atom. The first-order valence-electron chi connectivity index (χ1n) is 7.00. The molecule has 1 rings (SSSR count). The minimum atomic E-state index is -0.0113. The highest BCUT2D eigenvalue weighted by Crippen LogP contribution is 2.33. The summed E-state index contributed by atoms with van der Waals surface area (Å²) < 4.78 is 5.72. The third-order valence-electron chi connectivity index (χ3n) is 4.05. The number of unbranched alkanes of at least 4 members (excludes halogenated alkanes) is 2. The van der Waals surface area contributed by atoms with Gasteiger partial charge in [-0.05, 0) is 39.0 Å². The summed E-state index contributed by atoms with van der Waals surface area (Å²) in [5, 5.41) is 8.71. The van der Waals surface area contributed by atoms with Crippen molar-refractivity contribution in [3.63, 3.8) is 0 Å². The van der Waals surface area contributed by atoms with E-state index in [1.165, 1.54) is 0 Å². The first-order valence-corrected chi connectivity index (χ1v) is 7.00. The highest BCUT2D eigenvalue weighted by molar-refractivity contribution is 5.79. The molecule has 4 nitrogen and oxygen atoms in total. The van der Waals surface area contributed by atoms with Crippen LogP contribution in [-0.4, -0.2) is 48.3 Å². The number of carbonyl (C=O) groups is 1. The molecule has 0 aliphatic carbocycles. The average molecular weight is 257 g/mol. The zero-order valence-electron chi connectivity index (χ0n) is 12.1. The van der Waals surface area contributed by atoms with Gasteiger partial charge in [-0.25, -0.2) is 0 Å². The Kier molecular flexibility index (Phi) is 6.09. The van der Waals surface area contributed by atoms with Crippen molar-refractivity contribution in [2.45, 2.75) is 52.2 Å². The van der Waals surface area contributed by atoms with Crippen LogP contribution < -0.4 is 0 Å². The second-order valence-corrected chi connectivity index (χ2v) is 5.48. The number of nitrogens with zero attached hydrogens (tertiary/aromatic N) is 1. The lowest BCUT2D eigenvalue weighted by Crippen LogP contribution is -2.39. The third kappa shape index (κ3) is 3.69. The lowest BCUT2D eigenvalue weighted by atomic mass is 9.88. The number of aliphatic hydroxyl groups excluding tert-OH is 1. The monoisotopic (exact) mass is 257 g/mol. The number of amides is 1. The molecule has 1 N–H and O–H groups in total. The van der Waals surface area contributed by atoms with Gasteiger partial charge in [-0.15, -0.1) is 0 Å². The standard InChI is InChI=1S/C14H27NO3/c1-10-11(2)18-12(3)13(10)14(17)15(4)8-6-5-7-9-16/h10-13,16H,5-9H2,1-4H3. The molecular weight excluding hydrogens is 230 g/mol. The lowest BCUT2D eigenvalue weighted by molar-refractivity contribution is -0.136. The molecule has 0 aromatic heterocycles. The van der Waals surface area contributed by atoms with E-state index < -0.39 is 0 Å². The van der Waals surface area contributed by atoms with Gasteiger partial charge in [-0.3, -0.25) is 4.79 Å². The summed E-state index contributed by atoms with van der Waals surface area (Å²) in [6.45, 7) is 7.12. The zero-order chi connectivity index (χ0) is 13.7. The van der Waals surface area contributed by atoms with Gasteiger partial charge in [0.2, 0.25) is 5.91 Å². The first-order chi connectivity index (χ1) is 8.49. The fourth-order valence-electron chi connectivity index (χ4n) is 2.69. The lowest BCUT2D eigenvalue weighted by Gasteiger charge is -2.25. The minimum Gasteiger partial charge on any atom is -0.396 e. The van der Waals surface area contributed by atoms with Gasteiger partial charge in [0.05, 0.1) is 18.1 Å². The van der Waals surface area contributed by atoms with Crippen LogP contribution >= 0.6 is 0 Å². The highest BCUT2D eigenvalue weighted by atomic mass is 16.5. The number of hydrogen-bond donors (Lipinski definition) is 1. The summed E-state index contributed by atoms with van der Waals surface area (Å²) in [6, 6.07) is 0. The topological polar surface area (TPSA) is 49.8 Å². The van der Waals surface area contributed by atoms with E-state index >= 15 is 0 Å². The Bertz CT molecular complexity index is 270. The molecule has 1 aliphatic heterocycles. The quantitative estimate of drug-likeness (QED) is 0.736. The molecule has 0 aromatic rings. The van der Waals surface area contributed by atoms with E-state index in [1.807, 2.05) is 25.8 Å². The molecule has 1 fully saturated rings. The second kappa shape index (κ2) is 7.10. The molecule has 0 bridgehead atoms. The summed E-state index contributed by atoms with van der Waals surface area (Å²) in [5.74, 6) is 0.471. The Morgan fingerprint density at radius 2 is 1.83 bits per heavy atom. The summed E-state index contributed by atoms with van der Waals surface area (Å²) in [4.78, 5) is 14.2. The maximum Gasteiger partial charge on any atom is 0.228 e. The van der Waals surface area contributed by atoms with E-state index in [4.69, 9.17) is 9.84 Å². The first kappa shape index (κ1) is 15.4. The van der Waals surface area contributed by atoms with Gasteiger partial charge >= 0.3 is 0 Å². The van der Waals surface area contributed by atoms with Crippen molar-refractivity contribution in [3.05, 3.63) is 0 Å². The van der Waals surface area contributed by atoms with Crippen LogP contribution in [0, 0.1) is 11.8 Å². The van der Waals surface area contributed by atoms with Crippen LogP contribution in [0.1, 0.15) is 40.0 Å². The molecule has 0 saturated carbocycles. The van der Waals surface area contributed by atoms with Gasteiger partial charge in [0.25, 0.3) is 0 Å². The van der Waals surface area contributed by atoms with Gasteiger partial charge in [-0.2, -0.15) is 0 Å². The Balaban J connectivity index is 2.43. The minimum absolute atomic E-state index is 0.0113. The van der Waals surface area contributed by atoms with Gasteiger partial charge in [0.1, 0.15) is 0 Å². The van der Waals surface area contributed by atoms with Crippen LogP contribution in [0.3, 0.4) is 0 Å². The maximum atomic E-state index is 12.4. The Morgan fingerprint density at radius 1 is 1.17 bits per heavy atom. The van der Waals surface area contributed by atoms with Crippen molar-refractivity contribution < 1.29 is 14.6 Å². The van der Waals surface area contributed by atoms with Gasteiger partial charge < -0.3 is 14.7 Å². The van der Waals surface area contributed by atoms with Crippen molar-refractivity contribution >= 4 is 5.91 Å². The smallest absolute Gasteiger partial charge is 0.228 e. The predicted molar refractivity (Wildman–Crippen MR) is 71.2 cm³/mol. The molecule has 4 heteroatoms. The number of rotatable bonds is 6. The number of aliphatic hydroxyl groups is 1.